The Bertz CT molecular complexity index is 2940. The van der Waals surface area contributed by atoms with Crippen molar-refractivity contribution in [2.75, 3.05) is 4.90 Å². The Hall–Kier alpha value is -7.16. The zero-order valence-corrected chi connectivity index (χ0v) is 29.6. The first-order valence-corrected chi connectivity index (χ1v) is 18.4. The Morgan fingerprint density at radius 2 is 0.870 bits per heavy atom. The highest BCUT2D eigenvalue weighted by Gasteiger charge is 2.22. The minimum Gasteiger partial charge on any atom is -0.456 e. The molecule has 10 aromatic rings. The molecule has 1 aromatic heterocycles. The van der Waals surface area contributed by atoms with Crippen molar-refractivity contribution in [1.29, 1.82) is 0 Å². The molecule has 0 saturated carbocycles. The number of anilines is 3. The average Bonchev–Trinajstić information content (AvgIpc) is 3.62. The van der Waals surface area contributed by atoms with E-state index in [1.165, 1.54) is 27.5 Å². The molecule has 0 aliphatic rings. The second-order valence-electron chi connectivity index (χ2n) is 13.7. The molecular weight excluding hydrogens is 655 g/mol. The SMILES string of the molecule is c1ccc(-c2cccc(N(c3cccc(-c4cccc5ccccc45)c3)c3cccc(-c4ccc5c(c4)oc4ccccc45)c3-c3ccccc3)c2)cc1. The zero-order valence-electron chi connectivity index (χ0n) is 29.6. The molecule has 54 heavy (non-hydrogen) atoms. The summed E-state index contributed by atoms with van der Waals surface area (Å²) in [5.74, 6) is 0. The third kappa shape index (κ3) is 5.62. The fourth-order valence-corrected chi connectivity index (χ4v) is 7.94. The van der Waals surface area contributed by atoms with Crippen molar-refractivity contribution in [1.82, 2.24) is 0 Å². The lowest BCUT2D eigenvalue weighted by Crippen LogP contribution is -2.12. The minimum atomic E-state index is 0.883. The minimum absolute atomic E-state index is 0.883. The van der Waals surface area contributed by atoms with E-state index in [0.29, 0.717) is 0 Å². The highest BCUT2D eigenvalue weighted by atomic mass is 16.3. The Kier molecular flexibility index (Phi) is 7.85. The van der Waals surface area contributed by atoms with Crippen LogP contribution in [0.3, 0.4) is 0 Å². The van der Waals surface area contributed by atoms with E-state index >= 15 is 0 Å². The number of rotatable bonds is 7. The molecule has 0 atom stereocenters. The summed E-state index contributed by atoms with van der Waals surface area (Å²) < 4.78 is 6.41. The largest absolute Gasteiger partial charge is 0.456 e. The summed E-state index contributed by atoms with van der Waals surface area (Å²) in [5.41, 5.74) is 14.3. The van der Waals surface area contributed by atoms with Gasteiger partial charge in [0.2, 0.25) is 0 Å². The molecule has 0 saturated heterocycles. The predicted molar refractivity (Wildman–Crippen MR) is 228 cm³/mol. The fourth-order valence-electron chi connectivity index (χ4n) is 7.94. The molecule has 0 aliphatic heterocycles. The summed E-state index contributed by atoms with van der Waals surface area (Å²) >= 11 is 0. The van der Waals surface area contributed by atoms with Crippen LogP contribution >= 0.6 is 0 Å². The normalized spacial score (nSPS) is 11.3. The number of hydrogen-bond donors (Lipinski definition) is 0. The van der Waals surface area contributed by atoms with Gasteiger partial charge in [-0.3, -0.25) is 0 Å². The van der Waals surface area contributed by atoms with E-state index in [-0.39, 0.29) is 0 Å². The number of benzene rings is 9. The van der Waals surface area contributed by atoms with Crippen LogP contribution in [-0.4, -0.2) is 0 Å². The maximum absolute atomic E-state index is 6.41. The van der Waals surface area contributed by atoms with E-state index in [4.69, 9.17) is 4.42 Å². The van der Waals surface area contributed by atoms with Crippen LogP contribution < -0.4 is 4.90 Å². The summed E-state index contributed by atoms with van der Waals surface area (Å²) in [6, 6.07) is 76.0. The van der Waals surface area contributed by atoms with E-state index in [1.807, 2.05) is 12.1 Å². The second kappa shape index (κ2) is 13.4. The summed E-state index contributed by atoms with van der Waals surface area (Å²) in [6.07, 6.45) is 0. The van der Waals surface area contributed by atoms with Crippen molar-refractivity contribution in [3.8, 4) is 44.5 Å². The van der Waals surface area contributed by atoms with Gasteiger partial charge in [-0.15, -0.1) is 0 Å². The number of hydrogen-bond acceptors (Lipinski definition) is 2. The molecule has 10 rings (SSSR count). The Morgan fingerprint density at radius 1 is 0.315 bits per heavy atom. The molecule has 0 amide bonds. The van der Waals surface area contributed by atoms with Crippen LogP contribution in [0.15, 0.2) is 217 Å². The van der Waals surface area contributed by atoms with Gasteiger partial charge >= 0.3 is 0 Å². The third-order valence-corrected chi connectivity index (χ3v) is 10.5. The van der Waals surface area contributed by atoms with Crippen LogP contribution in [-0.2, 0) is 0 Å². The van der Waals surface area contributed by atoms with Crippen molar-refractivity contribution in [3.63, 3.8) is 0 Å². The van der Waals surface area contributed by atoms with E-state index in [0.717, 1.165) is 66.8 Å². The van der Waals surface area contributed by atoms with Crippen molar-refractivity contribution in [2.45, 2.75) is 0 Å². The van der Waals surface area contributed by atoms with Crippen LogP contribution in [0.1, 0.15) is 0 Å². The topological polar surface area (TPSA) is 16.4 Å². The molecular formula is C52H35NO. The van der Waals surface area contributed by atoms with Crippen molar-refractivity contribution < 1.29 is 4.42 Å². The second-order valence-corrected chi connectivity index (χ2v) is 13.7. The van der Waals surface area contributed by atoms with Gasteiger partial charge in [0.05, 0.1) is 5.69 Å². The van der Waals surface area contributed by atoms with Crippen LogP contribution in [0.4, 0.5) is 17.1 Å². The quantitative estimate of drug-likeness (QED) is 0.166. The van der Waals surface area contributed by atoms with Crippen molar-refractivity contribution in [2.24, 2.45) is 0 Å². The van der Waals surface area contributed by atoms with E-state index < -0.39 is 0 Å². The Morgan fingerprint density at radius 3 is 1.69 bits per heavy atom. The van der Waals surface area contributed by atoms with Crippen molar-refractivity contribution >= 4 is 49.8 Å². The first-order chi connectivity index (χ1) is 26.8. The summed E-state index contributed by atoms with van der Waals surface area (Å²) in [5, 5.41) is 4.72. The fraction of sp³-hybridized carbons (Fsp3) is 0. The number of fused-ring (bicyclic) bond motifs is 4. The van der Waals surface area contributed by atoms with Gasteiger partial charge in [0.15, 0.2) is 0 Å². The monoisotopic (exact) mass is 689 g/mol. The standard InChI is InChI=1S/C52H35NO/c1-3-15-36(16-4-1)39-21-11-23-42(33-39)53(43-24-12-22-40(34-43)45-27-13-20-37-17-7-8-25-44(37)45)49-29-14-28-46(52(49)38-18-5-2-6-19-38)41-31-32-48-47-26-9-10-30-50(47)54-51(48)35-41/h1-35H. The molecule has 2 heteroatoms. The summed E-state index contributed by atoms with van der Waals surface area (Å²) in [4.78, 5) is 2.42. The van der Waals surface area contributed by atoms with Gasteiger partial charge in [-0.2, -0.15) is 0 Å². The van der Waals surface area contributed by atoms with Gasteiger partial charge < -0.3 is 9.32 Å². The van der Waals surface area contributed by atoms with Gasteiger partial charge in [0.1, 0.15) is 11.2 Å². The highest BCUT2D eigenvalue weighted by Crippen LogP contribution is 2.47. The van der Waals surface area contributed by atoms with E-state index in [9.17, 15) is 0 Å². The molecule has 9 aromatic carbocycles. The maximum atomic E-state index is 6.41. The zero-order chi connectivity index (χ0) is 35.8. The first-order valence-electron chi connectivity index (χ1n) is 18.4. The Balaban J connectivity index is 1.22. The average molecular weight is 690 g/mol. The van der Waals surface area contributed by atoms with Gasteiger partial charge in [0, 0.05) is 27.7 Å². The molecule has 0 fully saturated rings. The number of nitrogens with zero attached hydrogens (tertiary/aromatic N) is 1. The van der Waals surface area contributed by atoms with Gasteiger partial charge in [-0.1, -0.05) is 164 Å². The van der Waals surface area contributed by atoms with Gasteiger partial charge in [-0.25, -0.2) is 0 Å². The molecule has 0 aliphatic carbocycles. The maximum Gasteiger partial charge on any atom is 0.136 e. The van der Waals surface area contributed by atoms with E-state index in [2.05, 4.69) is 205 Å². The van der Waals surface area contributed by atoms with E-state index in [1.54, 1.807) is 0 Å². The molecule has 254 valence electrons. The molecule has 2 nitrogen and oxygen atoms in total. The van der Waals surface area contributed by atoms with Crippen molar-refractivity contribution in [3.05, 3.63) is 212 Å². The number of para-hydroxylation sites is 1. The summed E-state index contributed by atoms with van der Waals surface area (Å²) in [6.45, 7) is 0. The van der Waals surface area contributed by atoms with Crippen LogP contribution in [0.25, 0.3) is 77.2 Å². The molecule has 0 N–H and O–H groups in total. The predicted octanol–water partition coefficient (Wildman–Crippen LogP) is 14.9. The number of furan rings is 1. The van der Waals surface area contributed by atoms with Crippen LogP contribution in [0, 0.1) is 0 Å². The molecule has 0 unspecified atom stereocenters. The Labute approximate surface area is 314 Å². The van der Waals surface area contributed by atoms with Crippen LogP contribution in [0.2, 0.25) is 0 Å². The van der Waals surface area contributed by atoms with Crippen LogP contribution in [0.5, 0.6) is 0 Å². The summed E-state index contributed by atoms with van der Waals surface area (Å²) in [7, 11) is 0. The molecule has 0 radical (unpaired) electrons. The van der Waals surface area contributed by atoms with Gasteiger partial charge in [-0.05, 0) is 98.2 Å². The molecule has 0 spiro atoms. The first kappa shape index (κ1) is 31.6. The highest BCUT2D eigenvalue weighted by molar-refractivity contribution is 6.07. The lowest BCUT2D eigenvalue weighted by molar-refractivity contribution is 0.669. The third-order valence-electron chi connectivity index (χ3n) is 10.5. The lowest BCUT2D eigenvalue weighted by Gasteiger charge is -2.30. The van der Waals surface area contributed by atoms with Gasteiger partial charge in [0.25, 0.3) is 0 Å². The lowest BCUT2D eigenvalue weighted by atomic mass is 9.91. The molecule has 0 bridgehead atoms. The smallest absolute Gasteiger partial charge is 0.136 e. The molecule has 1 heterocycles.